The van der Waals surface area contributed by atoms with Crippen molar-refractivity contribution in [3.05, 3.63) is 77.9 Å². The van der Waals surface area contributed by atoms with E-state index in [9.17, 15) is 9.59 Å². The highest BCUT2D eigenvalue weighted by molar-refractivity contribution is 7.81. The highest BCUT2D eigenvalue weighted by Gasteiger charge is 2.16. The largest absolute Gasteiger partial charge is 0.322 e. The van der Waals surface area contributed by atoms with Crippen molar-refractivity contribution >= 4 is 30.1 Å². The van der Waals surface area contributed by atoms with Crippen molar-refractivity contribution in [2.75, 3.05) is 11.4 Å². The molecule has 3 nitrogen and oxygen atoms in total. The van der Waals surface area contributed by atoms with E-state index in [0.717, 1.165) is 5.69 Å². The summed E-state index contributed by atoms with van der Waals surface area (Å²) in [6, 6.07) is 16.8. The molecular formula is C17H15NO2S. The van der Waals surface area contributed by atoms with Gasteiger partial charge >= 0.3 is 0 Å². The van der Waals surface area contributed by atoms with Crippen molar-refractivity contribution in [2.45, 2.75) is 0 Å². The summed E-state index contributed by atoms with van der Waals surface area (Å²) in [7, 11) is 1.90. The molecule has 0 bridgehead atoms. The Balaban J connectivity index is 0.000000161. The Morgan fingerprint density at radius 2 is 1.19 bits per heavy atom. The quantitative estimate of drug-likeness (QED) is 0.817. The minimum atomic E-state index is -0.0924. The van der Waals surface area contributed by atoms with E-state index in [1.54, 1.807) is 28.6 Å². The van der Waals surface area contributed by atoms with Crippen molar-refractivity contribution in [3.8, 4) is 0 Å². The molecule has 2 aromatic rings. The van der Waals surface area contributed by atoms with Crippen molar-refractivity contribution in [1.82, 2.24) is 0 Å². The topological polar surface area (TPSA) is 37.4 Å². The summed E-state index contributed by atoms with van der Waals surface area (Å²) >= 11 is 4.12. The van der Waals surface area contributed by atoms with Crippen LogP contribution in [0, 0.1) is 0 Å². The zero-order chi connectivity index (χ0) is 15.2. The second kappa shape index (κ2) is 6.90. The molecule has 0 atom stereocenters. The van der Waals surface area contributed by atoms with E-state index in [1.807, 2.05) is 37.4 Å². The molecule has 1 aliphatic rings. The van der Waals surface area contributed by atoms with Crippen LogP contribution >= 0.6 is 12.8 Å². The number of hydrogen-bond acceptors (Lipinski definition) is 4. The number of benzene rings is 2. The highest BCUT2D eigenvalue weighted by Crippen LogP contribution is 2.15. The maximum absolute atomic E-state index is 11.2. The number of fused-ring (bicyclic) bond motifs is 1. The molecule has 2 aromatic carbocycles. The summed E-state index contributed by atoms with van der Waals surface area (Å²) in [6.45, 7) is 0. The van der Waals surface area contributed by atoms with Gasteiger partial charge in [0.1, 0.15) is 0 Å². The third-order valence-corrected chi connectivity index (χ3v) is 3.20. The fraction of sp³-hybridized carbons (Fsp3) is 0.0588. The summed E-state index contributed by atoms with van der Waals surface area (Å²) < 4.78 is 1.78. The van der Waals surface area contributed by atoms with Gasteiger partial charge in [0.2, 0.25) is 0 Å². The summed E-state index contributed by atoms with van der Waals surface area (Å²) in [6.07, 6.45) is 2.62. The van der Waals surface area contributed by atoms with E-state index in [0.29, 0.717) is 11.1 Å². The number of nitrogens with zero attached hydrogens (tertiary/aromatic N) is 1. The fourth-order valence-corrected chi connectivity index (χ4v) is 2.02. The van der Waals surface area contributed by atoms with Gasteiger partial charge in [-0.05, 0) is 24.3 Å². The van der Waals surface area contributed by atoms with Gasteiger partial charge < -0.3 is 4.31 Å². The number of para-hydroxylation sites is 1. The molecule has 0 saturated carbocycles. The Hall–Kier alpha value is -2.33. The van der Waals surface area contributed by atoms with Crippen LogP contribution in [0.4, 0.5) is 5.69 Å². The minimum absolute atomic E-state index is 0.0924. The number of thiol groups is 1. The first-order chi connectivity index (χ1) is 10.1. The van der Waals surface area contributed by atoms with Gasteiger partial charge in [-0.3, -0.25) is 9.59 Å². The van der Waals surface area contributed by atoms with E-state index >= 15 is 0 Å². The third-order valence-electron chi connectivity index (χ3n) is 2.97. The normalized spacial score (nSPS) is 12.3. The molecule has 106 valence electrons. The molecule has 0 unspecified atom stereocenters. The molecule has 1 aliphatic carbocycles. The molecule has 0 saturated heterocycles. The number of carbonyl (C=O) groups is 2. The van der Waals surface area contributed by atoms with Crippen LogP contribution in [0.2, 0.25) is 0 Å². The molecule has 0 heterocycles. The van der Waals surface area contributed by atoms with Gasteiger partial charge in [0.15, 0.2) is 11.6 Å². The van der Waals surface area contributed by atoms with Gasteiger partial charge in [-0.2, -0.15) is 0 Å². The minimum Gasteiger partial charge on any atom is -0.322 e. The number of ketones is 2. The summed E-state index contributed by atoms with van der Waals surface area (Å²) in [4.78, 5) is 22.4. The van der Waals surface area contributed by atoms with Gasteiger partial charge in [-0.25, -0.2) is 0 Å². The maximum atomic E-state index is 11.2. The van der Waals surface area contributed by atoms with E-state index in [4.69, 9.17) is 0 Å². The van der Waals surface area contributed by atoms with Gasteiger partial charge in [0, 0.05) is 23.9 Å². The van der Waals surface area contributed by atoms with E-state index in [2.05, 4.69) is 12.8 Å². The van der Waals surface area contributed by atoms with Crippen molar-refractivity contribution in [1.29, 1.82) is 0 Å². The van der Waals surface area contributed by atoms with Crippen LogP contribution in [0.15, 0.2) is 66.7 Å². The zero-order valence-corrected chi connectivity index (χ0v) is 12.5. The van der Waals surface area contributed by atoms with Crippen LogP contribution in [0.3, 0.4) is 0 Å². The van der Waals surface area contributed by atoms with Crippen LogP contribution in [-0.4, -0.2) is 18.6 Å². The average Bonchev–Trinajstić information content (AvgIpc) is 2.53. The molecule has 0 aliphatic heterocycles. The Labute approximate surface area is 129 Å². The van der Waals surface area contributed by atoms with Gasteiger partial charge in [0.25, 0.3) is 0 Å². The number of allylic oxidation sites excluding steroid dienone is 2. The van der Waals surface area contributed by atoms with E-state index in [1.165, 1.54) is 12.2 Å². The Kier molecular flexibility index (Phi) is 4.95. The fourth-order valence-electron chi connectivity index (χ4n) is 1.89. The SMILES string of the molecule is CN(S)c1ccccc1.O=C1C=CC(=O)c2ccccc21. The molecule has 0 spiro atoms. The van der Waals surface area contributed by atoms with Crippen LogP contribution in [0.1, 0.15) is 20.7 Å². The lowest BCUT2D eigenvalue weighted by atomic mass is 9.95. The van der Waals surface area contributed by atoms with Gasteiger partial charge in [-0.1, -0.05) is 55.3 Å². The molecule has 0 aromatic heterocycles. The lowest BCUT2D eigenvalue weighted by Gasteiger charge is -2.08. The Morgan fingerprint density at radius 1 is 0.762 bits per heavy atom. The third kappa shape index (κ3) is 3.83. The molecule has 0 N–H and O–H groups in total. The predicted octanol–water partition coefficient (Wildman–Crippen LogP) is 3.59. The van der Waals surface area contributed by atoms with E-state index in [-0.39, 0.29) is 11.6 Å². The zero-order valence-electron chi connectivity index (χ0n) is 11.6. The molecular weight excluding hydrogens is 282 g/mol. The first kappa shape index (κ1) is 15.1. The summed E-state index contributed by atoms with van der Waals surface area (Å²) in [5.41, 5.74) is 2.12. The van der Waals surface area contributed by atoms with Crippen molar-refractivity contribution in [3.63, 3.8) is 0 Å². The first-order valence-corrected chi connectivity index (χ1v) is 6.83. The van der Waals surface area contributed by atoms with Crippen molar-refractivity contribution < 1.29 is 9.59 Å². The molecule has 0 radical (unpaired) electrons. The molecule has 0 amide bonds. The Morgan fingerprint density at radius 3 is 1.57 bits per heavy atom. The lowest BCUT2D eigenvalue weighted by Crippen LogP contribution is -2.10. The van der Waals surface area contributed by atoms with Gasteiger partial charge in [0.05, 0.1) is 0 Å². The van der Waals surface area contributed by atoms with Gasteiger partial charge in [-0.15, -0.1) is 0 Å². The number of anilines is 1. The molecule has 3 rings (SSSR count). The summed E-state index contributed by atoms with van der Waals surface area (Å²) in [5, 5.41) is 0. The molecule has 4 heteroatoms. The van der Waals surface area contributed by atoms with Crippen LogP contribution in [-0.2, 0) is 0 Å². The van der Waals surface area contributed by atoms with Crippen LogP contribution in [0.5, 0.6) is 0 Å². The smallest absolute Gasteiger partial charge is 0.186 e. The van der Waals surface area contributed by atoms with Crippen molar-refractivity contribution in [2.24, 2.45) is 0 Å². The second-order valence-electron chi connectivity index (χ2n) is 4.47. The monoisotopic (exact) mass is 297 g/mol. The highest BCUT2D eigenvalue weighted by atomic mass is 32.1. The van der Waals surface area contributed by atoms with Crippen LogP contribution < -0.4 is 4.31 Å². The molecule has 21 heavy (non-hydrogen) atoms. The maximum Gasteiger partial charge on any atom is 0.186 e. The van der Waals surface area contributed by atoms with E-state index < -0.39 is 0 Å². The lowest BCUT2D eigenvalue weighted by molar-refractivity contribution is 0.0994. The average molecular weight is 297 g/mol. The second-order valence-corrected chi connectivity index (χ2v) is 5.07. The standard InChI is InChI=1S/C10H6O2.C7H9NS/c11-9-5-6-10(12)8-4-2-1-3-7(8)9;1-8(9)7-5-3-2-4-6-7/h1-6H;2-6,9H,1H3. The number of hydrogen-bond donors (Lipinski definition) is 1. The van der Waals surface area contributed by atoms with Crippen LogP contribution in [0.25, 0.3) is 0 Å². The number of rotatable bonds is 1. The Bertz CT molecular complexity index is 641. The predicted molar refractivity (Wildman–Crippen MR) is 88.1 cm³/mol. The first-order valence-electron chi connectivity index (χ1n) is 6.43. The summed E-state index contributed by atoms with van der Waals surface area (Å²) in [5.74, 6) is -0.185. The number of carbonyl (C=O) groups excluding carboxylic acids is 2. The molecule has 0 fully saturated rings.